The van der Waals surface area contributed by atoms with E-state index < -0.39 is 56.4 Å². The van der Waals surface area contributed by atoms with Gasteiger partial charge in [0.25, 0.3) is 0 Å². The monoisotopic (exact) mass is 900 g/mol. The molecule has 2 atom stereocenters. The number of fused-ring (bicyclic) bond motifs is 1. The number of aromatic nitrogens is 2. The van der Waals surface area contributed by atoms with Crippen LogP contribution in [0.5, 0.6) is 0 Å². The molecule has 3 fully saturated rings. The molecule has 6 heterocycles. The van der Waals surface area contributed by atoms with Gasteiger partial charge in [0.1, 0.15) is 23.5 Å². The minimum Gasteiger partial charge on any atom is -0.389 e. The summed E-state index contributed by atoms with van der Waals surface area (Å²) in [7, 11) is -2.84. The number of carbonyl (C=O) groups is 4. The second kappa shape index (κ2) is 18.1. The second-order valence-corrected chi connectivity index (χ2v) is 18.4. The van der Waals surface area contributed by atoms with Gasteiger partial charge in [-0.1, -0.05) is 6.92 Å². The van der Waals surface area contributed by atoms with E-state index in [0.29, 0.717) is 93.3 Å². The number of aliphatic hydroxyl groups is 1. The molecule has 2 unspecified atom stereocenters. The highest BCUT2D eigenvalue weighted by Crippen LogP contribution is 2.37. The van der Waals surface area contributed by atoms with E-state index in [-0.39, 0.29) is 37.2 Å². The van der Waals surface area contributed by atoms with Crippen molar-refractivity contribution < 1.29 is 41.5 Å². The smallest absolute Gasteiger partial charge is 0.301 e. The summed E-state index contributed by atoms with van der Waals surface area (Å²) in [5.41, 5.74) is 0.995. The first-order valence-corrected chi connectivity index (χ1v) is 22.7. The van der Waals surface area contributed by atoms with Crippen molar-refractivity contribution in [1.82, 2.24) is 24.5 Å². The van der Waals surface area contributed by atoms with Crippen molar-refractivity contribution in [2.45, 2.75) is 56.6 Å². The lowest BCUT2D eigenvalue weighted by atomic mass is 9.87. The van der Waals surface area contributed by atoms with Crippen LogP contribution in [0.15, 0.2) is 67.0 Å². The van der Waals surface area contributed by atoms with Crippen molar-refractivity contribution >= 4 is 62.4 Å². The third-order valence-corrected chi connectivity index (χ3v) is 14.1. The number of piperidine rings is 2. The van der Waals surface area contributed by atoms with Gasteiger partial charge in [0, 0.05) is 106 Å². The lowest BCUT2D eigenvalue weighted by molar-refractivity contribution is -0.138. The van der Waals surface area contributed by atoms with E-state index in [9.17, 15) is 32.7 Å². The predicted molar refractivity (Wildman–Crippen MR) is 236 cm³/mol. The van der Waals surface area contributed by atoms with E-state index >= 15 is 8.78 Å². The number of pyridine rings is 2. The summed E-state index contributed by atoms with van der Waals surface area (Å²) in [6, 6.07) is 14.5. The molecule has 4 aromatic rings. The van der Waals surface area contributed by atoms with E-state index in [2.05, 4.69) is 40.4 Å². The summed E-state index contributed by atoms with van der Waals surface area (Å²) < 4.78 is 58.9. The van der Waals surface area contributed by atoms with Gasteiger partial charge < -0.3 is 30.4 Å². The summed E-state index contributed by atoms with van der Waals surface area (Å²) in [6.07, 6.45) is 4.93. The van der Waals surface area contributed by atoms with Crippen LogP contribution in [0.25, 0.3) is 11.1 Å². The second-order valence-electron chi connectivity index (χ2n) is 16.6. The normalized spacial score (nSPS) is 19.8. The predicted octanol–water partition coefficient (Wildman–Crippen LogP) is 3.71. The van der Waals surface area contributed by atoms with Gasteiger partial charge in [0.2, 0.25) is 17.7 Å². The number of Topliss-reactive ketones (excluding diaryl/α,β-unsaturated/α-hetero) is 1. The fourth-order valence-corrected chi connectivity index (χ4v) is 9.43. The average molecular weight is 901 g/mol. The largest absolute Gasteiger partial charge is 0.389 e. The van der Waals surface area contributed by atoms with Crippen LogP contribution in [0.4, 0.5) is 37.5 Å². The van der Waals surface area contributed by atoms with Crippen molar-refractivity contribution in [2.24, 2.45) is 0 Å². The maximum atomic E-state index is 15.6. The van der Waals surface area contributed by atoms with Crippen LogP contribution in [-0.2, 0) is 24.6 Å². The standard InChI is InChI=1S/C44H50F2N10O7S/c1-3-53(2)64(62,63)52-34-10-9-33(45)39(40(34)46)41(59)32-26-49-42-31(32)22-28(25-48-42)27-4-12-36(47-24-27)55-18-20-56(21-19-55)38(58)23-44(61)14-16-54(17-15-44)30-7-5-29(6-8-30)50-35-11-13-37(57)51-43(35)60/h4-10,12,22,24-25,32,35,50,52,61H,3,11,13-21,23,26H2,1-2H3,(H,48,49)(H,51,57,60). The van der Waals surface area contributed by atoms with E-state index in [1.165, 1.54) is 7.05 Å². The topological polar surface area (TPSA) is 210 Å². The SMILES string of the molecule is CCN(C)S(=O)(=O)Nc1ccc(F)c(C(=O)C2CNc3ncc(-c4ccc(N5CCN(C(=O)CC6(O)CCN(c7ccc(NC8CCC(=O)NC8=O)cc7)CC6)CC5)nc4)cc32)c1F. The van der Waals surface area contributed by atoms with Gasteiger partial charge in [-0.3, -0.25) is 29.2 Å². The van der Waals surface area contributed by atoms with Crippen LogP contribution in [0.1, 0.15) is 60.9 Å². The molecule has 0 aliphatic carbocycles. The molecule has 0 spiro atoms. The zero-order valence-electron chi connectivity index (χ0n) is 35.4. The molecule has 8 rings (SSSR count). The lowest BCUT2D eigenvalue weighted by Crippen LogP contribution is -2.52. The Morgan fingerprint density at radius 1 is 0.938 bits per heavy atom. The van der Waals surface area contributed by atoms with Crippen LogP contribution in [0.2, 0.25) is 0 Å². The Labute approximate surface area is 369 Å². The molecule has 0 radical (unpaired) electrons. The zero-order chi connectivity index (χ0) is 45.3. The third kappa shape index (κ3) is 9.34. The van der Waals surface area contributed by atoms with Crippen LogP contribution < -0.4 is 30.5 Å². The van der Waals surface area contributed by atoms with Crippen LogP contribution >= 0.6 is 0 Å². The Kier molecular flexibility index (Phi) is 12.5. The summed E-state index contributed by atoms with van der Waals surface area (Å²) in [5.74, 6) is -3.87. The molecule has 0 bridgehead atoms. The number of nitrogens with one attached hydrogen (secondary N) is 4. The zero-order valence-corrected chi connectivity index (χ0v) is 36.3. The van der Waals surface area contributed by atoms with E-state index in [0.717, 1.165) is 27.8 Å². The van der Waals surface area contributed by atoms with Gasteiger partial charge in [0.05, 0.1) is 29.2 Å². The minimum absolute atomic E-state index is 0.0347. The summed E-state index contributed by atoms with van der Waals surface area (Å²) in [6.45, 7) is 4.91. The Morgan fingerprint density at radius 3 is 2.33 bits per heavy atom. The van der Waals surface area contributed by atoms with Crippen molar-refractivity contribution in [1.29, 1.82) is 0 Å². The van der Waals surface area contributed by atoms with Crippen molar-refractivity contribution in [3.63, 3.8) is 0 Å². The Balaban J connectivity index is 0.833. The number of amides is 3. The molecule has 0 saturated carbocycles. The molecular weight excluding hydrogens is 851 g/mol. The number of rotatable bonds is 13. The number of anilines is 5. The van der Waals surface area contributed by atoms with Crippen molar-refractivity contribution in [2.75, 3.05) is 84.6 Å². The number of hydrogen-bond donors (Lipinski definition) is 5. The van der Waals surface area contributed by atoms with E-state index in [1.54, 1.807) is 30.3 Å². The van der Waals surface area contributed by atoms with E-state index in [4.69, 9.17) is 0 Å². The van der Waals surface area contributed by atoms with Gasteiger partial charge in [-0.05, 0) is 73.9 Å². The molecule has 4 aliphatic rings. The van der Waals surface area contributed by atoms with Crippen LogP contribution in [0.3, 0.4) is 0 Å². The Bertz CT molecular complexity index is 2550. The van der Waals surface area contributed by atoms with E-state index in [1.807, 2.05) is 36.4 Å². The average Bonchev–Trinajstić information content (AvgIpc) is 3.72. The number of benzene rings is 2. The molecule has 3 saturated heterocycles. The maximum absolute atomic E-state index is 15.6. The van der Waals surface area contributed by atoms with Gasteiger partial charge in [-0.15, -0.1) is 0 Å². The summed E-state index contributed by atoms with van der Waals surface area (Å²) >= 11 is 0. The minimum atomic E-state index is -4.14. The highest BCUT2D eigenvalue weighted by Gasteiger charge is 2.38. The van der Waals surface area contributed by atoms with Crippen molar-refractivity contribution in [3.05, 3.63) is 89.8 Å². The first kappa shape index (κ1) is 44.4. The molecule has 338 valence electrons. The summed E-state index contributed by atoms with van der Waals surface area (Å²) in [4.78, 5) is 65.9. The number of piperazine rings is 1. The number of imide groups is 1. The van der Waals surface area contributed by atoms with Gasteiger partial charge in [-0.2, -0.15) is 12.7 Å². The Hall–Kier alpha value is -6.25. The number of nitrogens with zero attached hydrogens (tertiary/aromatic N) is 6. The number of ketones is 1. The fraction of sp³-hybridized carbons (Fsp3) is 0.409. The van der Waals surface area contributed by atoms with Gasteiger partial charge >= 0.3 is 10.2 Å². The molecule has 17 nitrogen and oxygen atoms in total. The molecule has 20 heteroatoms. The van der Waals surface area contributed by atoms with Gasteiger partial charge in [0.15, 0.2) is 11.6 Å². The number of hydrogen-bond acceptors (Lipinski definition) is 13. The molecule has 2 aromatic heterocycles. The van der Waals surface area contributed by atoms with Gasteiger partial charge in [-0.25, -0.2) is 18.7 Å². The number of carbonyl (C=O) groups excluding carboxylic acids is 4. The van der Waals surface area contributed by atoms with Crippen molar-refractivity contribution in [3.8, 4) is 11.1 Å². The molecular formula is C44H50F2N10O7S. The highest BCUT2D eigenvalue weighted by atomic mass is 32.2. The first-order chi connectivity index (χ1) is 30.6. The van der Waals surface area contributed by atoms with Crippen LogP contribution in [0, 0.1) is 11.6 Å². The highest BCUT2D eigenvalue weighted by molar-refractivity contribution is 7.90. The molecule has 5 N–H and O–H groups in total. The molecule has 3 amide bonds. The Morgan fingerprint density at radius 2 is 1.66 bits per heavy atom. The molecule has 64 heavy (non-hydrogen) atoms. The quantitative estimate of drug-likeness (QED) is 0.0960. The lowest BCUT2D eigenvalue weighted by Gasteiger charge is -2.41. The molecule has 2 aromatic carbocycles. The maximum Gasteiger partial charge on any atom is 0.301 e. The van der Waals surface area contributed by atoms with Crippen LogP contribution in [-0.4, -0.2) is 127 Å². The number of halogens is 2. The third-order valence-electron chi connectivity index (χ3n) is 12.5. The first-order valence-electron chi connectivity index (χ1n) is 21.3. The summed E-state index contributed by atoms with van der Waals surface area (Å²) in [5, 5.41) is 20.0. The fourth-order valence-electron chi connectivity index (χ4n) is 8.49. The molecule has 4 aliphatic heterocycles.